The van der Waals surface area contributed by atoms with E-state index in [1.807, 2.05) is 6.92 Å². The van der Waals surface area contributed by atoms with Gasteiger partial charge >= 0.3 is 0 Å². The quantitative estimate of drug-likeness (QED) is 0.624. The third-order valence-corrected chi connectivity index (χ3v) is 3.70. The molecule has 1 fully saturated rings. The lowest BCUT2D eigenvalue weighted by Crippen LogP contribution is -2.41. The minimum atomic E-state index is -0.504. The third-order valence-electron chi connectivity index (χ3n) is 3.70. The summed E-state index contributed by atoms with van der Waals surface area (Å²) >= 11 is 0. The largest absolute Gasteiger partial charge is 0.389 e. The van der Waals surface area contributed by atoms with Gasteiger partial charge in [-0.05, 0) is 26.2 Å². The van der Waals surface area contributed by atoms with Crippen molar-refractivity contribution in [3.63, 3.8) is 0 Å². The Morgan fingerprint density at radius 2 is 1.88 bits per heavy atom. The molecule has 0 heterocycles. The minimum Gasteiger partial charge on any atom is -0.389 e. The van der Waals surface area contributed by atoms with E-state index in [0.29, 0.717) is 6.04 Å². The predicted molar refractivity (Wildman–Crippen MR) is 69.6 cm³/mol. The fourth-order valence-electron chi connectivity index (χ4n) is 2.52. The molecule has 1 saturated carbocycles. The first kappa shape index (κ1) is 14.0. The van der Waals surface area contributed by atoms with Crippen LogP contribution in [0.4, 0.5) is 0 Å². The van der Waals surface area contributed by atoms with Gasteiger partial charge in [0.2, 0.25) is 0 Å². The van der Waals surface area contributed by atoms with E-state index in [2.05, 4.69) is 12.2 Å². The smallest absolute Gasteiger partial charge is 0.0743 e. The van der Waals surface area contributed by atoms with Crippen molar-refractivity contribution in [3.05, 3.63) is 0 Å². The molecular formula is C14H29NO. The summed E-state index contributed by atoms with van der Waals surface area (Å²) < 4.78 is 0. The van der Waals surface area contributed by atoms with Crippen LogP contribution in [0.5, 0.6) is 0 Å². The highest BCUT2D eigenvalue weighted by Gasteiger charge is 2.22. The molecule has 1 rings (SSSR count). The molecule has 1 atom stereocenters. The SMILES string of the molecule is CCCCCCC(C)(O)CNC1CCCC1. The van der Waals surface area contributed by atoms with Crippen LogP contribution >= 0.6 is 0 Å². The summed E-state index contributed by atoms with van der Waals surface area (Å²) in [5.41, 5.74) is -0.504. The zero-order chi connectivity index (χ0) is 11.9. The van der Waals surface area contributed by atoms with Gasteiger partial charge in [0.1, 0.15) is 0 Å². The van der Waals surface area contributed by atoms with Gasteiger partial charge in [0, 0.05) is 12.6 Å². The molecule has 0 aromatic rings. The maximum atomic E-state index is 10.2. The van der Waals surface area contributed by atoms with Crippen LogP contribution in [0.2, 0.25) is 0 Å². The second-order valence-electron chi connectivity index (χ2n) is 5.67. The van der Waals surface area contributed by atoms with Gasteiger partial charge < -0.3 is 10.4 Å². The summed E-state index contributed by atoms with van der Waals surface area (Å²) in [5, 5.41) is 13.7. The molecule has 0 saturated heterocycles. The lowest BCUT2D eigenvalue weighted by molar-refractivity contribution is 0.0454. The molecule has 96 valence electrons. The lowest BCUT2D eigenvalue weighted by atomic mass is 9.97. The van der Waals surface area contributed by atoms with Crippen molar-refractivity contribution in [2.75, 3.05) is 6.54 Å². The van der Waals surface area contributed by atoms with Crippen LogP contribution in [0.3, 0.4) is 0 Å². The molecule has 16 heavy (non-hydrogen) atoms. The van der Waals surface area contributed by atoms with Crippen molar-refractivity contribution in [1.29, 1.82) is 0 Å². The summed E-state index contributed by atoms with van der Waals surface area (Å²) in [6.07, 6.45) is 11.2. The standard InChI is InChI=1S/C14H29NO/c1-3-4-5-8-11-14(2,16)12-15-13-9-6-7-10-13/h13,15-16H,3-12H2,1-2H3. The van der Waals surface area contributed by atoms with Gasteiger partial charge in [-0.15, -0.1) is 0 Å². The topological polar surface area (TPSA) is 32.3 Å². The molecule has 2 heteroatoms. The van der Waals surface area contributed by atoms with Crippen LogP contribution in [0, 0.1) is 0 Å². The first-order valence-corrected chi connectivity index (χ1v) is 7.10. The average molecular weight is 227 g/mol. The summed E-state index contributed by atoms with van der Waals surface area (Å²) in [4.78, 5) is 0. The van der Waals surface area contributed by atoms with Gasteiger partial charge in [-0.2, -0.15) is 0 Å². The number of aliphatic hydroxyl groups is 1. The molecular weight excluding hydrogens is 198 g/mol. The Bertz CT molecular complexity index is 174. The molecule has 0 spiro atoms. The van der Waals surface area contributed by atoms with E-state index < -0.39 is 5.60 Å². The van der Waals surface area contributed by atoms with E-state index in [1.165, 1.54) is 44.9 Å². The van der Waals surface area contributed by atoms with Crippen molar-refractivity contribution >= 4 is 0 Å². The number of hydrogen-bond acceptors (Lipinski definition) is 2. The molecule has 0 amide bonds. The van der Waals surface area contributed by atoms with Crippen LogP contribution < -0.4 is 5.32 Å². The Morgan fingerprint density at radius 3 is 2.50 bits per heavy atom. The van der Waals surface area contributed by atoms with Crippen LogP contribution in [-0.2, 0) is 0 Å². The molecule has 0 bridgehead atoms. The van der Waals surface area contributed by atoms with E-state index in [9.17, 15) is 5.11 Å². The van der Waals surface area contributed by atoms with Crippen LogP contribution in [0.1, 0.15) is 71.6 Å². The van der Waals surface area contributed by atoms with Crippen LogP contribution in [0.15, 0.2) is 0 Å². The Labute approximate surface area is 101 Å². The molecule has 2 nitrogen and oxygen atoms in total. The van der Waals surface area contributed by atoms with E-state index in [0.717, 1.165) is 19.4 Å². The van der Waals surface area contributed by atoms with Gasteiger partial charge in [0.05, 0.1) is 5.60 Å². The number of nitrogens with one attached hydrogen (secondary N) is 1. The highest BCUT2D eigenvalue weighted by Crippen LogP contribution is 2.19. The van der Waals surface area contributed by atoms with E-state index in [1.54, 1.807) is 0 Å². The monoisotopic (exact) mass is 227 g/mol. The Kier molecular flexibility index (Phi) is 6.37. The summed E-state index contributed by atoms with van der Waals surface area (Å²) in [7, 11) is 0. The van der Waals surface area contributed by atoms with Gasteiger partial charge in [-0.3, -0.25) is 0 Å². The van der Waals surface area contributed by atoms with Gasteiger partial charge in [0.25, 0.3) is 0 Å². The molecule has 0 aromatic carbocycles. The second-order valence-corrected chi connectivity index (χ2v) is 5.67. The van der Waals surface area contributed by atoms with Crippen molar-refractivity contribution in [2.45, 2.75) is 83.3 Å². The van der Waals surface area contributed by atoms with Gasteiger partial charge in [-0.25, -0.2) is 0 Å². The molecule has 0 radical (unpaired) electrons. The number of rotatable bonds is 8. The summed E-state index contributed by atoms with van der Waals surface area (Å²) in [6, 6.07) is 0.669. The van der Waals surface area contributed by atoms with Crippen molar-refractivity contribution in [1.82, 2.24) is 5.32 Å². The van der Waals surface area contributed by atoms with Crippen molar-refractivity contribution < 1.29 is 5.11 Å². The molecule has 1 aliphatic carbocycles. The van der Waals surface area contributed by atoms with Crippen LogP contribution in [0.25, 0.3) is 0 Å². The van der Waals surface area contributed by atoms with E-state index >= 15 is 0 Å². The van der Waals surface area contributed by atoms with Crippen molar-refractivity contribution in [3.8, 4) is 0 Å². The predicted octanol–water partition coefficient (Wildman–Crippen LogP) is 3.24. The lowest BCUT2D eigenvalue weighted by Gasteiger charge is -2.26. The Hall–Kier alpha value is -0.0800. The molecule has 1 unspecified atom stereocenters. The summed E-state index contributed by atoms with van der Waals surface area (Å²) in [6.45, 7) is 4.96. The Morgan fingerprint density at radius 1 is 1.19 bits per heavy atom. The fourth-order valence-corrected chi connectivity index (χ4v) is 2.52. The number of hydrogen-bond donors (Lipinski definition) is 2. The molecule has 1 aliphatic rings. The highest BCUT2D eigenvalue weighted by atomic mass is 16.3. The minimum absolute atomic E-state index is 0.504. The van der Waals surface area contributed by atoms with E-state index in [-0.39, 0.29) is 0 Å². The Balaban J connectivity index is 2.07. The normalized spacial score (nSPS) is 21.2. The molecule has 0 aliphatic heterocycles. The summed E-state index contributed by atoms with van der Waals surface area (Å²) in [5.74, 6) is 0. The van der Waals surface area contributed by atoms with Crippen LogP contribution in [-0.4, -0.2) is 23.3 Å². The highest BCUT2D eigenvalue weighted by molar-refractivity contribution is 4.80. The zero-order valence-electron chi connectivity index (χ0n) is 11.1. The first-order chi connectivity index (χ1) is 7.64. The zero-order valence-corrected chi connectivity index (χ0v) is 11.1. The second kappa shape index (κ2) is 7.29. The average Bonchev–Trinajstić information content (AvgIpc) is 2.75. The van der Waals surface area contributed by atoms with Gasteiger partial charge in [0.15, 0.2) is 0 Å². The maximum absolute atomic E-state index is 10.2. The van der Waals surface area contributed by atoms with Crippen molar-refractivity contribution in [2.24, 2.45) is 0 Å². The fraction of sp³-hybridized carbons (Fsp3) is 1.00. The molecule has 2 N–H and O–H groups in total. The third kappa shape index (κ3) is 5.86. The van der Waals surface area contributed by atoms with E-state index in [4.69, 9.17) is 0 Å². The first-order valence-electron chi connectivity index (χ1n) is 7.10. The molecule has 0 aromatic heterocycles. The maximum Gasteiger partial charge on any atom is 0.0743 e. The van der Waals surface area contributed by atoms with Gasteiger partial charge in [-0.1, -0.05) is 45.4 Å². The number of unbranched alkanes of at least 4 members (excludes halogenated alkanes) is 3.